The summed E-state index contributed by atoms with van der Waals surface area (Å²) in [6.07, 6.45) is 2.15. The maximum atomic E-state index is 12.0. The van der Waals surface area contributed by atoms with Crippen LogP contribution in [0.1, 0.15) is 26.7 Å². The van der Waals surface area contributed by atoms with Crippen LogP contribution in [0.3, 0.4) is 0 Å². The number of halogens is 1. The van der Waals surface area contributed by atoms with Crippen molar-refractivity contribution in [3.8, 4) is 0 Å². The van der Waals surface area contributed by atoms with Gasteiger partial charge in [-0.15, -0.1) is 0 Å². The van der Waals surface area contributed by atoms with Gasteiger partial charge in [0.25, 0.3) is 0 Å². The van der Waals surface area contributed by atoms with Crippen LogP contribution >= 0.6 is 11.6 Å². The Hall–Kier alpha value is -1.22. The summed E-state index contributed by atoms with van der Waals surface area (Å²) < 4.78 is 0. The van der Waals surface area contributed by atoms with Crippen LogP contribution in [0.25, 0.3) is 0 Å². The van der Waals surface area contributed by atoms with Crippen molar-refractivity contribution in [2.24, 2.45) is 0 Å². The van der Waals surface area contributed by atoms with Crippen molar-refractivity contribution in [2.45, 2.75) is 26.7 Å². The van der Waals surface area contributed by atoms with Crippen LogP contribution in [-0.4, -0.2) is 30.4 Å². The molecule has 0 spiro atoms. The van der Waals surface area contributed by atoms with E-state index in [1.54, 1.807) is 0 Å². The molecule has 0 heterocycles. The molecule has 0 unspecified atom stereocenters. The van der Waals surface area contributed by atoms with E-state index < -0.39 is 0 Å². The number of rotatable bonds is 7. The van der Waals surface area contributed by atoms with Gasteiger partial charge in [0.2, 0.25) is 5.91 Å². The van der Waals surface area contributed by atoms with Gasteiger partial charge >= 0.3 is 0 Å². The molecule has 0 saturated carbocycles. The summed E-state index contributed by atoms with van der Waals surface area (Å²) in [6, 6.07) is 7.45. The second kappa shape index (κ2) is 7.98. The van der Waals surface area contributed by atoms with E-state index in [9.17, 15) is 4.79 Å². The number of unbranched alkanes of at least 4 members (excludes halogenated alkanes) is 1. The molecule has 3 nitrogen and oxygen atoms in total. The van der Waals surface area contributed by atoms with E-state index in [1.165, 1.54) is 0 Å². The van der Waals surface area contributed by atoms with Gasteiger partial charge in [-0.25, -0.2) is 0 Å². The first-order valence-electron chi connectivity index (χ1n) is 6.45. The van der Waals surface area contributed by atoms with Crippen LogP contribution < -0.4 is 5.32 Å². The maximum absolute atomic E-state index is 12.0. The number of likely N-dealkylation sites (N-methyl/N-ethyl adjacent to an activating group) is 1. The third-order valence-electron chi connectivity index (χ3n) is 2.82. The summed E-state index contributed by atoms with van der Waals surface area (Å²) in [6.45, 7) is 6.00. The van der Waals surface area contributed by atoms with Crippen molar-refractivity contribution in [3.63, 3.8) is 0 Å². The van der Waals surface area contributed by atoms with Gasteiger partial charge in [-0.1, -0.05) is 37.1 Å². The Kier molecular flexibility index (Phi) is 6.58. The van der Waals surface area contributed by atoms with Crippen molar-refractivity contribution in [2.75, 3.05) is 25.0 Å². The summed E-state index contributed by atoms with van der Waals surface area (Å²) in [5.74, 6) is 0.117. The summed E-state index contributed by atoms with van der Waals surface area (Å²) in [7, 11) is 0. The second-order valence-corrected chi connectivity index (χ2v) is 4.57. The van der Waals surface area contributed by atoms with Gasteiger partial charge in [-0.05, 0) is 25.5 Å². The van der Waals surface area contributed by atoms with Gasteiger partial charge in [-0.3, -0.25) is 4.79 Å². The Labute approximate surface area is 114 Å². The summed E-state index contributed by atoms with van der Waals surface area (Å²) in [4.78, 5) is 13.9. The number of hydrogen-bond donors (Lipinski definition) is 1. The second-order valence-electron chi connectivity index (χ2n) is 4.16. The molecular weight excluding hydrogens is 248 g/mol. The molecular formula is C14H21ClN2O. The van der Waals surface area contributed by atoms with Crippen molar-refractivity contribution < 1.29 is 4.79 Å². The monoisotopic (exact) mass is 268 g/mol. The molecule has 0 aliphatic carbocycles. The summed E-state index contributed by atoms with van der Waals surface area (Å²) >= 11 is 6.02. The Morgan fingerprint density at radius 3 is 2.67 bits per heavy atom. The first-order valence-corrected chi connectivity index (χ1v) is 6.83. The number of para-hydroxylation sites is 1. The first kappa shape index (κ1) is 14.8. The molecule has 0 aliphatic rings. The normalized spacial score (nSPS) is 10.2. The van der Waals surface area contributed by atoms with E-state index >= 15 is 0 Å². The van der Waals surface area contributed by atoms with E-state index in [2.05, 4.69) is 12.2 Å². The summed E-state index contributed by atoms with van der Waals surface area (Å²) in [5.41, 5.74) is 0.805. The van der Waals surface area contributed by atoms with E-state index in [0.29, 0.717) is 11.6 Å². The molecule has 0 radical (unpaired) electrons. The Balaban J connectivity index is 2.47. The lowest BCUT2D eigenvalue weighted by Gasteiger charge is -2.21. The SMILES string of the molecule is CCCCN(CC)C(=O)CNc1ccccc1Cl. The molecule has 0 aliphatic heterocycles. The van der Waals surface area contributed by atoms with Crippen molar-refractivity contribution in [1.29, 1.82) is 0 Å². The number of carbonyl (C=O) groups excluding carboxylic acids is 1. The molecule has 1 aromatic carbocycles. The van der Waals surface area contributed by atoms with Gasteiger partial charge < -0.3 is 10.2 Å². The average molecular weight is 269 g/mol. The fourth-order valence-electron chi connectivity index (χ4n) is 1.70. The predicted molar refractivity (Wildman–Crippen MR) is 77.1 cm³/mol. The molecule has 18 heavy (non-hydrogen) atoms. The Morgan fingerprint density at radius 1 is 1.33 bits per heavy atom. The van der Waals surface area contributed by atoms with Gasteiger partial charge in [0.15, 0.2) is 0 Å². The number of benzene rings is 1. The van der Waals surface area contributed by atoms with Gasteiger partial charge in [0.05, 0.1) is 17.3 Å². The molecule has 100 valence electrons. The third-order valence-corrected chi connectivity index (χ3v) is 3.15. The topological polar surface area (TPSA) is 32.3 Å². The van der Waals surface area contributed by atoms with Gasteiger partial charge in [-0.2, -0.15) is 0 Å². The van der Waals surface area contributed by atoms with Crippen LogP contribution in [0.15, 0.2) is 24.3 Å². The number of anilines is 1. The Bertz CT molecular complexity index is 382. The lowest BCUT2D eigenvalue weighted by atomic mass is 10.3. The van der Waals surface area contributed by atoms with E-state index in [0.717, 1.165) is 31.6 Å². The molecule has 0 atom stereocenters. The maximum Gasteiger partial charge on any atom is 0.241 e. The minimum absolute atomic E-state index is 0.117. The molecule has 1 aromatic rings. The minimum atomic E-state index is 0.117. The lowest BCUT2D eigenvalue weighted by molar-refractivity contribution is -0.129. The molecule has 4 heteroatoms. The molecule has 1 amide bonds. The van der Waals surface area contributed by atoms with Gasteiger partial charge in [0, 0.05) is 13.1 Å². The molecule has 0 fully saturated rings. The van der Waals surface area contributed by atoms with Crippen molar-refractivity contribution >= 4 is 23.2 Å². The molecule has 1 rings (SSSR count). The highest BCUT2D eigenvalue weighted by atomic mass is 35.5. The number of nitrogens with one attached hydrogen (secondary N) is 1. The fourth-order valence-corrected chi connectivity index (χ4v) is 1.90. The quantitative estimate of drug-likeness (QED) is 0.822. The molecule has 0 bridgehead atoms. The Morgan fingerprint density at radius 2 is 2.06 bits per heavy atom. The average Bonchev–Trinajstić information content (AvgIpc) is 2.38. The fraction of sp³-hybridized carbons (Fsp3) is 0.500. The van der Waals surface area contributed by atoms with E-state index in [1.807, 2.05) is 36.1 Å². The number of hydrogen-bond acceptors (Lipinski definition) is 2. The van der Waals surface area contributed by atoms with E-state index in [4.69, 9.17) is 11.6 Å². The van der Waals surface area contributed by atoms with E-state index in [-0.39, 0.29) is 5.91 Å². The zero-order valence-corrected chi connectivity index (χ0v) is 11.8. The van der Waals surface area contributed by atoms with Gasteiger partial charge in [0.1, 0.15) is 0 Å². The number of carbonyl (C=O) groups is 1. The minimum Gasteiger partial charge on any atom is -0.375 e. The number of nitrogens with zero attached hydrogens (tertiary/aromatic N) is 1. The zero-order chi connectivity index (χ0) is 13.4. The molecule has 0 aromatic heterocycles. The van der Waals surface area contributed by atoms with Crippen molar-refractivity contribution in [1.82, 2.24) is 4.90 Å². The third kappa shape index (κ3) is 4.57. The lowest BCUT2D eigenvalue weighted by Crippen LogP contribution is -2.36. The smallest absolute Gasteiger partial charge is 0.241 e. The van der Waals surface area contributed by atoms with Crippen LogP contribution in [-0.2, 0) is 4.79 Å². The molecule has 0 saturated heterocycles. The number of amides is 1. The highest BCUT2D eigenvalue weighted by molar-refractivity contribution is 6.33. The van der Waals surface area contributed by atoms with Crippen LogP contribution in [0.2, 0.25) is 5.02 Å². The standard InChI is InChI=1S/C14H21ClN2O/c1-3-5-10-17(4-2)14(18)11-16-13-9-7-6-8-12(13)15/h6-9,16H,3-5,10-11H2,1-2H3. The van der Waals surface area contributed by atoms with Crippen LogP contribution in [0, 0.1) is 0 Å². The van der Waals surface area contributed by atoms with Crippen LogP contribution in [0.5, 0.6) is 0 Å². The van der Waals surface area contributed by atoms with Crippen LogP contribution in [0.4, 0.5) is 5.69 Å². The molecule has 1 N–H and O–H groups in total. The highest BCUT2D eigenvalue weighted by Gasteiger charge is 2.10. The largest absolute Gasteiger partial charge is 0.375 e. The summed E-state index contributed by atoms with van der Waals surface area (Å²) in [5, 5.41) is 3.72. The predicted octanol–water partition coefficient (Wildman–Crippen LogP) is 3.40. The zero-order valence-electron chi connectivity index (χ0n) is 11.1. The highest BCUT2D eigenvalue weighted by Crippen LogP contribution is 2.19. The van der Waals surface area contributed by atoms with Crippen molar-refractivity contribution in [3.05, 3.63) is 29.3 Å². The first-order chi connectivity index (χ1) is 8.69.